The Kier molecular flexibility index (Phi) is 7.05. The number of anilines is 1. The quantitative estimate of drug-likeness (QED) is 0.574. The van der Waals surface area contributed by atoms with Crippen LogP contribution in [0, 0.1) is 12.7 Å². The lowest BCUT2D eigenvalue weighted by atomic mass is 9.99. The van der Waals surface area contributed by atoms with Crippen LogP contribution in [-0.2, 0) is 4.74 Å². The Balaban J connectivity index is 1.77. The summed E-state index contributed by atoms with van der Waals surface area (Å²) in [5, 5.41) is 0. The lowest BCUT2D eigenvalue weighted by Crippen LogP contribution is -2.38. The van der Waals surface area contributed by atoms with Crippen LogP contribution in [0.4, 0.5) is 19.1 Å². The highest BCUT2D eigenvalue weighted by Gasteiger charge is 2.22. The highest BCUT2D eigenvalue weighted by atomic mass is 19.3. The van der Waals surface area contributed by atoms with Crippen molar-refractivity contribution in [3.8, 4) is 28.3 Å². The number of nitrogens with two attached hydrogens (primary N) is 1. The summed E-state index contributed by atoms with van der Waals surface area (Å²) in [6.07, 6.45) is -2.75. The molecule has 4 rings (SSSR count). The van der Waals surface area contributed by atoms with Gasteiger partial charge >= 0.3 is 0 Å². The number of pyridine rings is 1. The number of morpholine rings is 1. The molecule has 1 saturated heterocycles. The maximum atomic E-state index is 13.5. The first-order chi connectivity index (χ1) is 15.9. The van der Waals surface area contributed by atoms with E-state index in [1.807, 2.05) is 0 Å². The molecule has 174 valence electrons. The Morgan fingerprint density at radius 1 is 1.06 bits per heavy atom. The van der Waals surface area contributed by atoms with Crippen LogP contribution < -0.4 is 10.5 Å². The SMILES string of the molecule is Cc1cc(-c2c(OCCN3CCOCC3)nc(N)nc2-c2ccc(F)cc2)cc(C(F)F)n1. The van der Waals surface area contributed by atoms with Crippen LogP contribution in [0.2, 0.25) is 0 Å². The molecule has 3 aromatic rings. The molecule has 0 unspecified atom stereocenters. The Hall–Kier alpha value is -3.24. The molecule has 33 heavy (non-hydrogen) atoms. The second-order valence-corrected chi connectivity index (χ2v) is 7.64. The Labute approximate surface area is 189 Å². The first kappa shape index (κ1) is 22.9. The van der Waals surface area contributed by atoms with Gasteiger partial charge in [0.2, 0.25) is 11.8 Å². The zero-order valence-electron chi connectivity index (χ0n) is 18.1. The molecule has 2 aromatic heterocycles. The minimum atomic E-state index is -2.75. The maximum absolute atomic E-state index is 13.5. The lowest BCUT2D eigenvalue weighted by molar-refractivity contribution is 0.0320. The average molecular weight is 459 g/mol. The fourth-order valence-corrected chi connectivity index (χ4v) is 3.68. The monoisotopic (exact) mass is 459 g/mol. The van der Waals surface area contributed by atoms with Crippen molar-refractivity contribution < 1.29 is 22.6 Å². The molecule has 1 aliphatic heterocycles. The number of nitrogens with zero attached hydrogens (tertiary/aromatic N) is 4. The number of aromatic nitrogens is 3. The number of hydrogen-bond donors (Lipinski definition) is 1. The van der Waals surface area contributed by atoms with E-state index in [9.17, 15) is 13.2 Å². The van der Waals surface area contributed by atoms with E-state index >= 15 is 0 Å². The van der Waals surface area contributed by atoms with Gasteiger partial charge in [0.25, 0.3) is 6.43 Å². The number of ether oxygens (including phenoxy) is 2. The molecule has 1 aromatic carbocycles. The van der Waals surface area contributed by atoms with E-state index in [0.717, 1.165) is 13.1 Å². The van der Waals surface area contributed by atoms with Crippen molar-refractivity contribution in [3.05, 3.63) is 53.6 Å². The summed E-state index contributed by atoms with van der Waals surface area (Å²) < 4.78 is 51.9. The van der Waals surface area contributed by atoms with Crippen molar-refractivity contribution in [3.63, 3.8) is 0 Å². The maximum Gasteiger partial charge on any atom is 0.280 e. The highest BCUT2D eigenvalue weighted by molar-refractivity contribution is 5.85. The molecule has 1 fully saturated rings. The second kappa shape index (κ2) is 10.1. The number of halogens is 3. The molecule has 0 aliphatic carbocycles. The van der Waals surface area contributed by atoms with Crippen molar-refractivity contribution >= 4 is 5.95 Å². The van der Waals surface area contributed by atoms with Crippen LogP contribution in [0.5, 0.6) is 5.88 Å². The molecule has 0 radical (unpaired) electrons. The minimum absolute atomic E-state index is 0.0423. The van der Waals surface area contributed by atoms with E-state index in [-0.39, 0.29) is 17.5 Å². The van der Waals surface area contributed by atoms with Crippen molar-refractivity contribution in [2.75, 3.05) is 45.2 Å². The van der Waals surface area contributed by atoms with Crippen LogP contribution >= 0.6 is 0 Å². The van der Waals surface area contributed by atoms with Gasteiger partial charge in [-0.15, -0.1) is 0 Å². The predicted octanol–water partition coefficient (Wildman–Crippen LogP) is 3.88. The molecule has 0 amide bonds. The molecule has 0 atom stereocenters. The summed E-state index contributed by atoms with van der Waals surface area (Å²) in [4.78, 5) is 14.7. The van der Waals surface area contributed by atoms with Crippen LogP contribution in [0.25, 0.3) is 22.4 Å². The Morgan fingerprint density at radius 2 is 1.79 bits per heavy atom. The Morgan fingerprint density at radius 3 is 2.48 bits per heavy atom. The third-order valence-corrected chi connectivity index (χ3v) is 5.25. The summed E-state index contributed by atoms with van der Waals surface area (Å²) >= 11 is 0. The summed E-state index contributed by atoms with van der Waals surface area (Å²) in [5.41, 5.74) is 7.71. The summed E-state index contributed by atoms with van der Waals surface area (Å²) in [5.74, 6) is -0.288. The zero-order chi connectivity index (χ0) is 23.4. The van der Waals surface area contributed by atoms with Gasteiger partial charge in [-0.25, -0.2) is 18.2 Å². The van der Waals surface area contributed by atoms with Gasteiger partial charge in [0.1, 0.15) is 18.1 Å². The van der Waals surface area contributed by atoms with E-state index < -0.39 is 12.2 Å². The number of benzene rings is 1. The third-order valence-electron chi connectivity index (χ3n) is 5.25. The van der Waals surface area contributed by atoms with Crippen LogP contribution in [0.15, 0.2) is 36.4 Å². The Bertz CT molecular complexity index is 1110. The normalized spacial score (nSPS) is 14.6. The molecular weight excluding hydrogens is 435 g/mol. The molecule has 0 saturated carbocycles. The number of hydrogen-bond acceptors (Lipinski definition) is 7. The van der Waals surface area contributed by atoms with Gasteiger partial charge in [0.05, 0.1) is 24.5 Å². The first-order valence-corrected chi connectivity index (χ1v) is 10.5. The van der Waals surface area contributed by atoms with Gasteiger partial charge in [-0.3, -0.25) is 9.88 Å². The van der Waals surface area contributed by atoms with Gasteiger partial charge in [-0.1, -0.05) is 0 Å². The predicted molar refractivity (Wildman–Crippen MR) is 118 cm³/mol. The van der Waals surface area contributed by atoms with Gasteiger partial charge in [-0.05, 0) is 48.9 Å². The fourth-order valence-electron chi connectivity index (χ4n) is 3.68. The van der Waals surface area contributed by atoms with Gasteiger partial charge in [0.15, 0.2) is 0 Å². The number of rotatable bonds is 7. The van der Waals surface area contributed by atoms with E-state index in [2.05, 4.69) is 19.9 Å². The van der Waals surface area contributed by atoms with Gasteiger partial charge in [-0.2, -0.15) is 4.98 Å². The topological polar surface area (TPSA) is 86.4 Å². The molecule has 0 spiro atoms. The van der Waals surface area contributed by atoms with E-state index in [1.54, 1.807) is 25.1 Å². The van der Waals surface area contributed by atoms with Crippen LogP contribution in [0.1, 0.15) is 17.8 Å². The average Bonchev–Trinajstić information content (AvgIpc) is 2.79. The largest absolute Gasteiger partial charge is 0.476 e. The number of alkyl halides is 2. The van der Waals surface area contributed by atoms with Crippen LogP contribution in [0.3, 0.4) is 0 Å². The van der Waals surface area contributed by atoms with Crippen molar-refractivity contribution in [2.24, 2.45) is 0 Å². The standard InChI is InChI=1S/C23H24F3N5O2/c1-14-12-16(13-18(28-14)21(25)26)19-20(15-2-4-17(24)5-3-15)29-23(27)30-22(19)33-11-8-31-6-9-32-10-7-31/h2-5,12-13,21H,6-11H2,1H3,(H2,27,29,30). The highest BCUT2D eigenvalue weighted by Crippen LogP contribution is 2.39. The molecular formula is C23H24F3N5O2. The molecule has 2 N–H and O–H groups in total. The summed E-state index contributed by atoms with van der Waals surface area (Å²) in [6, 6.07) is 8.61. The molecule has 3 heterocycles. The van der Waals surface area contributed by atoms with Crippen molar-refractivity contribution in [1.29, 1.82) is 0 Å². The van der Waals surface area contributed by atoms with Crippen LogP contribution in [-0.4, -0.2) is 59.3 Å². The molecule has 1 aliphatic rings. The van der Waals surface area contributed by atoms with Crippen molar-refractivity contribution in [1.82, 2.24) is 19.9 Å². The number of nitrogen functional groups attached to an aromatic ring is 1. The molecule has 0 bridgehead atoms. The van der Waals surface area contributed by atoms with E-state index in [0.29, 0.717) is 54.4 Å². The van der Waals surface area contributed by atoms with E-state index in [1.165, 1.54) is 18.2 Å². The number of aryl methyl sites for hydroxylation is 1. The second-order valence-electron chi connectivity index (χ2n) is 7.64. The van der Waals surface area contributed by atoms with E-state index in [4.69, 9.17) is 15.2 Å². The fraction of sp³-hybridized carbons (Fsp3) is 0.348. The smallest absolute Gasteiger partial charge is 0.280 e. The zero-order valence-corrected chi connectivity index (χ0v) is 18.1. The van der Waals surface area contributed by atoms with Gasteiger partial charge in [0, 0.05) is 30.9 Å². The van der Waals surface area contributed by atoms with Gasteiger partial charge < -0.3 is 15.2 Å². The minimum Gasteiger partial charge on any atom is -0.476 e. The molecule has 10 heteroatoms. The molecule has 7 nitrogen and oxygen atoms in total. The third kappa shape index (κ3) is 5.58. The van der Waals surface area contributed by atoms with Crippen molar-refractivity contribution in [2.45, 2.75) is 13.3 Å². The summed E-state index contributed by atoms with van der Waals surface area (Å²) in [7, 11) is 0. The lowest BCUT2D eigenvalue weighted by Gasteiger charge is -2.26. The first-order valence-electron chi connectivity index (χ1n) is 10.5. The summed E-state index contributed by atoms with van der Waals surface area (Å²) in [6.45, 7) is 5.48.